The monoisotopic (exact) mass is 513 g/mol. The molecule has 3 heterocycles. The molecule has 4 aromatic rings. The summed E-state index contributed by atoms with van der Waals surface area (Å²) in [6.07, 6.45) is 0.0841. The zero-order valence-electron chi connectivity index (χ0n) is 18.5. The van der Waals surface area contributed by atoms with Gasteiger partial charge in [0.2, 0.25) is 0 Å². The van der Waals surface area contributed by atoms with Crippen LogP contribution in [0.25, 0.3) is 16.7 Å². The predicted octanol–water partition coefficient (Wildman–Crippen LogP) is 4.83. The van der Waals surface area contributed by atoms with E-state index in [4.69, 9.17) is 22.7 Å². The summed E-state index contributed by atoms with van der Waals surface area (Å²) in [4.78, 5) is 9.53. The summed E-state index contributed by atoms with van der Waals surface area (Å²) in [6.45, 7) is 3.88. The lowest BCUT2D eigenvalue weighted by Gasteiger charge is -2.20. The van der Waals surface area contributed by atoms with Gasteiger partial charge in [-0.15, -0.1) is 4.80 Å². The molecule has 9 nitrogen and oxygen atoms in total. The topological polar surface area (TPSA) is 130 Å². The van der Waals surface area contributed by atoms with Gasteiger partial charge in [-0.05, 0) is 30.3 Å². The second-order valence-corrected chi connectivity index (χ2v) is 7.80. The molecule has 0 spiro atoms. The number of fused-ring (bicyclic) bond motifs is 1. The summed E-state index contributed by atoms with van der Waals surface area (Å²) >= 11 is 6.29. The van der Waals surface area contributed by atoms with Crippen LogP contribution in [0, 0.1) is 5.41 Å². The quantitative estimate of drug-likeness (QED) is 0.196. The SMILES string of the molecule is C=C(Nc1cnc(-n2ncc(CN)n2)c(Cl)c1)/C(C=N)=C(/Nc1cccc2ncccc12)C(F)(F)F. The molecule has 5 N–H and O–H groups in total. The number of pyridine rings is 2. The van der Waals surface area contributed by atoms with Crippen molar-refractivity contribution in [3.8, 4) is 5.82 Å². The number of allylic oxidation sites excluding steroid dienone is 2. The molecule has 0 unspecified atom stereocenters. The van der Waals surface area contributed by atoms with Crippen molar-refractivity contribution < 1.29 is 13.2 Å². The molecule has 0 atom stereocenters. The van der Waals surface area contributed by atoms with Gasteiger partial charge in [-0.1, -0.05) is 24.2 Å². The summed E-state index contributed by atoms with van der Waals surface area (Å²) in [5.41, 5.74) is 5.12. The maximum atomic E-state index is 14.1. The van der Waals surface area contributed by atoms with Crippen LogP contribution in [0.2, 0.25) is 5.02 Å². The largest absolute Gasteiger partial charge is 0.431 e. The fourth-order valence-electron chi connectivity index (χ4n) is 3.33. The van der Waals surface area contributed by atoms with Gasteiger partial charge in [-0.25, -0.2) is 4.98 Å². The zero-order valence-corrected chi connectivity index (χ0v) is 19.3. The van der Waals surface area contributed by atoms with Crippen LogP contribution in [0.4, 0.5) is 24.5 Å². The van der Waals surface area contributed by atoms with Crippen molar-refractivity contribution in [3.05, 3.63) is 89.3 Å². The van der Waals surface area contributed by atoms with Crippen molar-refractivity contribution in [2.24, 2.45) is 5.73 Å². The molecule has 0 fully saturated rings. The van der Waals surface area contributed by atoms with Gasteiger partial charge in [-0.2, -0.15) is 23.4 Å². The molecule has 0 radical (unpaired) electrons. The summed E-state index contributed by atoms with van der Waals surface area (Å²) in [7, 11) is 0. The van der Waals surface area contributed by atoms with E-state index in [-0.39, 0.29) is 34.5 Å². The van der Waals surface area contributed by atoms with Crippen LogP contribution in [-0.2, 0) is 6.54 Å². The fraction of sp³-hybridized carbons (Fsp3) is 0.0870. The molecule has 36 heavy (non-hydrogen) atoms. The van der Waals surface area contributed by atoms with Crippen molar-refractivity contribution in [1.82, 2.24) is 25.0 Å². The van der Waals surface area contributed by atoms with Crippen molar-refractivity contribution >= 4 is 40.1 Å². The van der Waals surface area contributed by atoms with E-state index in [1.807, 2.05) is 0 Å². The number of halogens is 4. The second-order valence-electron chi connectivity index (χ2n) is 7.39. The lowest BCUT2D eigenvalue weighted by atomic mass is 10.1. The van der Waals surface area contributed by atoms with Crippen LogP contribution in [-0.4, -0.2) is 37.4 Å². The molecule has 3 aromatic heterocycles. The van der Waals surface area contributed by atoms with E-state index in [0.717, 1.165) is 0 Å². The minimum atomic E-state index is -4.83. The number of nitrogens with zero attached hydrogens (tertiary/aromatic N) is 5. The van der Waals surface area contributed by atoms with E-state index >= 15 is 0 Å². The maximum Gasteiger partial charge on any atom is 0.431 e. The molecule has 0 saturated carbocycles. The highest BCUT2D eigenvalue weighted by molar-refractivity contribution is 6.32. The lowest BCUT2D eigenvalue weighted by Crippen LogP contribution is -2.24. The van der Waals surface area contributed by atoms with E-state index in [1.54, 1.807) is 30.5 Å². The number of anilines is 2. The number of rotatable bonds is 8. The number of nitrogens with one attached hydrogen (secondary N) is 3. The third kappa shape index (κ3) is 5.19. The van der Waals surface area contributed by atoms with Gasteiger partial charge in [0.05, 0.1) is 34.3 Å². The van der Waals surface area contributed by atoms with Crippen molar-refractivity contribution in [2.45, 2.75) is 12.7 Å². The Morgan fingerprint density at radius 1 is 1.17 bits per heavy atom. The zero-order chi connectivity index (χ0) is 25.9. The number of aromatic nitrogens is 5. The molecule has 184 valence electrons. The highest BCUT2D eigenvalue weighted by atomic mass is 35.5. The van der Waals surface area contributed by atoms with Gasteiger partial charge in [0.25, 0.3) is 0 Å². The smallest absolute Gasteiger partial charge is 0.354 e. The molecular weight excluding hydrogens is 495 g/mol. The third-order valence-electron chi connectivity index (χ3n) is 4.98. The van der Waals surface area contributed by atoms with Gasteiger partial charge in [0.15, 0.2) is 5.82 Å². The molecule has 13 heteroatoms. The van der Waals surface area contributed by atoms with Gasteiger partial charge in [0.1, 0.15) is 5.70 Å². The number of nitrogens with two attached hydrogens (primary N) is 1. The normalized spacial score (nSPS) is 12.2. The second kappa shape index (κ2) is 10.1. The van der Waals surface area contributed by atoms with Crippen molar-refractivity contribution in [1.29, 1.82) is 5.41 Å². The summed E-state index contributed by atoms with van der Waals surface area (Å²) in [5.74, 6) is 0.206. The highest BCUT2D eigenvalue weighted by Gasteiger charge is 2.37. The van der Waals surface area contributed by atoms with E-state index in [2.05, 4.69) is 37.4 Å². The summed E-state index contributed by atoms with van der Waals surface area (Å²) in [5, 5.41) is 21.6. The average molecular weight is 514 g/mol. The highest BCUT2D eigenvalue weighted by Crippen LogP contribution is 2.34. The number of alkyl halides is 3. The first kappa shape index (κ1) is 24.8. The molecule has 0 aliphatic carbocycles. The van der Waals surface area contributed by atoms with E-state index in [1.165, 1.54) is 29.3 Å². The van der Waals surface area contributed by atoms with Crippen LogP contribution in [0.1, 0.15) is 5.69 Å². The van der Waals surface area contributed by atoms with Crippen LogP contribution in [0.15, 0.2) is 78.5 Å². The number of benzene rings is 1. The van der Waals surface area contributed by atoms with Crippen LogP contribution in [0.3, 0.4) is 0 Å². The van der Waals surface area contributed by atoms with Gasteiger partial charge >= 0.3 is 6.18 Å². The first-order chi connectivity index (χ1) is 17.2. The predicted molar refractivity (Wildman–Crippen MR) is 132 cm³/mol. The van der Waals surface area contributed by atoms with E-state index in [0.29, 0.717) is 22.8 Å². The summed E-state index contributed by atoms with van der Waals surface area (Å²) in [6, 6.07) is 9.47. The van der Waals surface area contributed by atoms with Crippen LogP contribution in [0.5, 0.6) is 0 Å². The van der Waals surface area contributed by atoms with Gasteiger partial charge in [-0.3, -0.25) is 4.98 Å². The fourth-order valence-corrected chi connectivity index (χ4v) is 3.57. The average Bonchev–Trinajstić information content (AvgIpc) is 3.32. The first-order valence-electron chi connectivity index (χ1n) is 10.4. The Balaban J connectivity index is 1.65. The Kier molecular flexibility index (Phi) is 6.99. The van der Waals surface area contributed by atoms with Gasteiger partial charge in [0, 0.05) is 41.3 Å². The molecule has 0 aliphatic heterocycles. The lowest BCUT2D eigenvalue weighted by molar-refractivity contribution is -0.0906. The molecular formula is C23H19ClF3N9. The number of hydrogen-bond acceptors (Lipinski definition) is 8. The molecule has 0 aliphatic rings. The minimum absolute atomic E-state index is 0.129. The Morgan fingerprint density at radius 3 is 2.64 bits per heavy atom. The van der Waals surface area contributed by atoms with E-state index in [9.17, 15) is 13.2 Å². The van der Waals surface area contributed by atoms with Crippen LogP contribution < -0.4 is 16.4 Å². The van der Waals surface area contributed by atoms with Gasteiger partial charge < -0.3 is 21.8 Å². The number of hydrogen-bond donors (Lipinski definition) is 4. The summed E-state index contributed by atoms with van der Waals surface area (Å²) < 4.78 is 42.3. The third-order valence-corrected chi connectivity index (χ3v) is 5.26. The molecule has 0 saturated heterocycles. The minimum Gasteiger partial charge on any atom is -0.354 e. The first-order valence-corrected chi connectivity index (χ1v) is 10.7. The van der Waals surface area contributed by atoms with Crippen molar-refractivity contribution in [2.75, 3.05) is 10.6 Å². The van der Waals surface area contributed by atoms with E-state index < -0.39 is 17.4 Å². The molecule has 0 amide bonds. The molecule has 1 aromatic carbocycles. The molecule has 0 bridgehead atoms. The Bertz CT molecular complexity index is 1470. The standard InChI is InChI=1S/C23H19ClF3N9/c1-13(33-14-8-18(24)22(31-11-14)36-32-12-15(9-28)35-36)17(10-29)21(23(25,26)27)34-20-6-2-5-19-16(20)4-3-7-30-19/h2-8,10-12,29,33-34H,1,9,28H2/b21-17+,29-10?. The van der Waals surface area contributed by atoms with Crippen molar-refractivity contribution in [3.63, 3.8) is 0 Å². The van der Waals surface area contributed by atoms with Crippen LogP contribution >= 0.6 is 11.6 Å². The molecule has 4 rings (SSSR count). The maximum absolute atomic E-state index is 14.1. The Hall–Kier alpha value is -4.29. The Labute approximate surface area is 208 Å². The Morgan fingerprint density at radius 2 is 1.97 bits per heavy atom.